The lowest BCUT2D eigenvalue weighted by atomic mass is 10.3. The van der Waals surface area contributed by atoms with Gasteiger partial charge in [0.25, 0.3) is 0 Å². The molecule has 0 radical (unpaired) electrons. The van der Waals surface area contributed by atoms with E-state index in [1.165, 1.54) is 0 Å². The molecule has 0 saturated heterocycles. The number of ether oxygens (including phenoxy) is 1. The Bertz CT molecular complexity index is 404. The van der Waals surface area contributed by atoms with Gasteiger partial charge in [0.1, 0.15) is 12.4 Å². The van der Waals surface area contributed by atoms with Gasteiger partial charge in [-0.3, -0.25) is 4.79 Å². The van der Waals surface area contributed by atoms with E-state index in [1.54, 1.807) is 25.3 Å². The Morgan fingerprint density at radius 3 is 3.00 bits per heavy atom. The van der Waals surface area contributed by atoms with Crippen LogP contribution in [-0.2, 0) is 9.53 Å². The van der Waals surface area contributed by atoms with Gasteiger partial charge in [-0.1, -0.05) is 0 Å². The largest absolute Gasteiger partial charge is 0.465 e. The lowest BCUT2D eigenvalue weighted by Crippen LogP contribution is -2.33. The fraction of sp³-hybridized carbons (Fsp3) is 0.500. The van der Waals surface area contributed by atoms with E-state index in [0.717, 1.165) is 18.7 Å². The van der Waals surface area contributed by atoms with E-state index < -0.39 is 0 Å². The zero-order chi connectivity index (χ0) is 12.3. The summed E-state index contributed by atoms with van der Waals surface area (Å²) < 4.78 is 4.96. The minimum atomic E-state index is -0.219. The number of anilines is 2. The Morgan fingerprint density at radius 2 is 2.41 bits per heavy atom. The molecule has 1 aromatic rings. The Balaban J connectivity index is 2.09. The molecule has 92 valence electrons. The Hall–Kier alpha value is -1.78. The smallest absolute Gasteiger partial charge is 0.325 e. The molecule has 1 fully saturated rings. The number of hydrogen-bond donors (Lipinski definition) is 1. The maximum Gasteiger partial charge on any atom is 0.325 e. The summed E-state index contributed by atoms with van der Waals surface area (Å²) >= 11 is 0. The lowest BCUT2D eigenvalue weighted by Gasteiger charge is -2.22. The molecule has 0 bridgehead atoms. The highest BCUT2D eigenvalue weighted by Crippen LogP contribution is 2.30. The summed E-state index contributed by atoms with van der Waals surface area (Å²) in [5, 5.41) is 0. The number of hydrogen-bond acceptors (Lipinski definition) is 5. The van der Waals surface area contributed by atoms with Crippen LogP contribution in [0, 0.1) is 0 Å². The van der Waals surface area contributed by atoms with Gasteiger partial charge in [0, 0.05) is 24.0 Å². The standard InChI is InChI=1S/C12H17N3O2/c1-2-17-12(16)8-15(10-3-4-10)11-7-9(13)5-6-14-11/h5-7,10H,2-4,8H2,1H3,(H2,13,14). The second kappa shape index (κ2) is 5.03. The first-order chi connectivity index (χ1) is 8.20. The quantitative estimate of drug-likeness (QED) is 0.776. The second-order valence-electron chi connectivity index (χ2n) is 4.11. The third-order valence-electron chi connectivity index (χ3n) is 2.66. The van der Waals surface area contributed by atoms with Crippen LogP contribution in [0.25, 0.3) is 0 Å². The Kier molecular flexibility index (Phi) is 3.46. The van der Waals surface area contributed by atoms with Crippen molar-refractivity contribution in [2.24, 2.45) is 0 Å². The maximum atomic E-state index is 11.5. The molecule has 5 heteroatoms. The third kappa shape index (κ3) is 3.09. The molecule has 5 nitrogen and oxygen atoms in total. The fourth-order valence-corrected chi connectivity index (χ4v) is 1.72. The molecule has 17 heavy (non-hydrogen) atoms. The molecule has 1 aromatic heterocycles. The van der Waals surface area contributed by atoms with Gasteiger partial charge in [0.05, 0.1) is 6.61 Å². The van der Waals surface area contributed by atoms with Crippen LogP contribution in [-0.4, -0.2) is 30.1 Å². The highest BCUT2D eigenvalue weighted by Gasteiger charge is 2.31. The number of rotatable bonds is 5. The van der Waals surface area contributed by atoms with Crippen LogP contribution in [0.2, 0.25) is 0 Å². The van der Waals surface area contributed by atoms with E-state index >= 15 is 0 Å². The number of aromatic nitrogens is 1. The summed E-state index contributed by atoms with van der Waals surface area (Å²) in [6.45, 7) is 2.45. The SMILES string of the molecule is CCOC(=O)CN(c1cc(N)ccn1)C1CC1. The maximum absolute atomic E-state index is 11.5. The van der Waals surface area contributed by atoms with E-state index in [1.807, 2.05) is 4.90 Å². The molecule has 2 rings (SSSR count). The highest BCUT2D eigenvalue weighted by molar-refractivity contribution is 5.76. The molecule has 0 aliphatic heterocycles. The van der Waals surface area contributed by atoms with Crippen LogP contribution >= 0.6 is 0 Å². The van der Waals surface area contributed by atoms with Crippen LogP contribution in [0.15, 0.2) is 18.3 Å². The molecule has 1 aliphatic rings. The van der Waals surface area contributed by atoms with Crippen molar-refractivity contribution >= 4 is 17.5 Å². The summed E-state index contributed by atoms with van der Waals surface area (Å²) in [7, 11) is 0. The zero-order valence-electron chi connectivity index (χ0n) is 9.93. The molecule has 0 aromatic carbocycles. The zero-order valence-corrected chi connectivity index (χ0v) is 9.93. The van der Waals surface area contributed by atoms with Crippen LogP contribution in [0.4, 0.5) is 11.5 Å². The molecule has 2 N–H and O–H groups in total. The van der Waals surface area contributed by atoms with E-state index in [2.05, 4.69) is 4.98 Å². The molecule has 1 heterocycles. The van der Waals surface area contributed by atoms with Gasteiger partial charge in [-0.05, 0) is 25.8 Å². The van der Waals surface area contributed by atoms with E-state index in [0.29, 0.717) is 18.3 Å². The van der Waals surface area contributed by atoms with Crippen molar-refractivity contribution in [1.29, 1.82) is 0 Å². The number of nitrogen functional groups attached to an aromatic ring is 1. The molecular formula is C12H17N3O2. The van der Waals surface area contributed by atoms with Crippen LogP contribution in [0.5, 0.6) is 0 Å². The average molecular weight is 235 g/mol. The van der Waals surface area contributed by atoms with Crippen molar-refractivity contribution in [2.75, 3.05) is 23.8 Å². The Labute approximate surface area is 101 Å². The van der Waals surface area contributed by atoms with Gasteiger partial charge in [-0.15, -0.1) is 0 Å². The summed E-state index contributed by atoms with van der Waals surface area (Å²) in [6, 6.07) is 3.92. The van der Waals surface area contributed by atoms with Crippen LogP contribution in [0.3, 0.4) is 0 Å². The average Bonchev–Trinajstić information content (AvgIpc) is 3.10. The van der Waals surface area contributed by atoms with Crippen molar-refractivity contribution < 1.29 is 9.53 Å². The van der Waals surface area contributed by atoms with Crippen LogP contribution < -0.4 is 10.6 Å². The summed E-state index contributed by atoms with van der Waals surface area (Å²) in [5.41, 5.74) is 6.38. The number of nitrogens with two attached hydrogens (primary N) is 1. The number of esters is 1. The predicted molar refractivity (Wildman–Crippen MR) is 65.7 cm³/mol. The Morgan fingerprint density at radius 1 is 1.65 bits per heavy atom. The van der Waals surface area contributed by atoms with E-state index in [-0.39, 0.29) is 12.5 Å². The minimum absolute atomic E-state index is 0.219. The van der Waals surface area contributed by atoms with Gasteiger partial charge in [-0.25, -0.2) is 4.98 Å². The lowest BCUT2D eigenvalue weighted by molar-refractivity contribution is -0.141. The van der Waals surface area contributed by atoms with Gasteiger partial charge in [-0.2, -0.15) is 0 Å². The molecule has 0 spiro atoms. The van der Waals surface area contributed by atoms with Crippen molar-refractivity contribution in [3.8, 4) is 0 Å². The van der Waals surface area contributed by atoms with Crippen molar-refractivity contribution in [2.45, 2.75) is 25.8 Å². The molecule has 1 saturated carbocycles. The molecule has 0 unspecified atom stereocenters. The van der Waals surface area contributed by atoms with Crippen molar-refractivity contribution in [3.63, 3.8) is 0 Å². The molecule has 0 atom stereocenters. The van der Waals surface area contributed by atoms with Crippen LogP contribution in [0.1, 0.15) is 19.8 Å². The summed E-state index contributed by atoms with van der Waals surface area (Å²) in [5.74, 6) is 0.532. The number of nitrogens with zero attached hydrogens (tertiary/aromatic N) is 2. The van der Waals surface area contributed by atoms with E-state index in [4.69, 9.17) is 10.5 Å². The third-order valence-corrected chi connectivity index (χ3v) is 2.66. The van der Waals surface area contributed by atoms with E-state index in [9.17, 15) is 4.79 Å². The normalized spacial score (nSPS) is 14.4. The van der Waals surface area contributed by atoms with Gasteiger partial charge >= 0.3 is 5.97 Å². The molecule has 1 aliphatic carbocycles. The first kappa shape index (κ1) is 11.7. The van der Waals surface area contributed by atoms with Gasteiger partial charge in [0.2, 0.25) is 0 Å². The monoisotopic (exact) mass is 235 g/mol. The van der Waals surface area contributed by atoms with Gasteiger partial charge in [0.15, 0.2) is 0 Å². The summed E-state index contributed by atoms with van der Waals surface area (Å²) in [6.07, 6.45) is 3.84. The van der Waals surface area contributed by atoms with Gasteiger partial charge < -0.3 is 15.4 Å². The molecular weight excluding hydrogens is 218 g/mol. The first-order valence-corrected chi connectivity index (χ1v) is 5.84. The second-order valence-corrected chi connectivity index (χ2v) is 4.11. The topological polar surface area (TPSA) is 68.5 Å². The highest BCUT2D eigenvalue weighted by atomic mass is 16.5. The minimum Gasteiger partial charge on any atom is -0.465 e. The first-order valence-electron chi connectivity index (χ1n) is 5.84. The predicted octanol–water partition coefficient (Wildman–Crippen LogP) is 1.20. The van der Waals surface area contributed by atoms with Crippen molar-refractivity contribution in [3.05, 3.63) is 18.3 Å². The number of carbonyl (C=O) groups excluding carboxylic acids is 1. The fourth-order valence-electron chi connectivity index (χ4n) is 1.72. The number of pyridine rings is 1. The number of carbonyl (C=O) groups is 1. The van der Waals surface area contributed by atoms with Crippen molar-refractivity contribution in [1.82, 2.24) is 4.98 Å². The molecule has 0 amide bonds. The summed E-state index contributed by atoms with van der Waals surface area (Å²) in [4.78, 5) is 17.7.